The molecule has 1 rings (SSSR count). The lowest BCUT2D eigenvalue weighted by Crippen LogP contribution is -2.33. The Morgan fingerprint density at radius 2 is 2.11 bits per heavy atom. The van der Waals surface area contributed by atoms with Crippen LogP contribution in [-0.2, 0) is 4.79 Å². The van der Waals surface area contributed by atoms with Crippen LogP contribution in [0.2, 0.25) is 0 Å². The standard InChI is InChI=1S/C12H20N4OS/c1-10(18-12-14-6-4-7-15-12)11(17)13-8-5-9-16(2)3/h4,6-7,10H,5,8-9H2,1-3H3,(H,13,17). The van der Waals surface area contributed by atoms with E-state index in [1.54, 1.807) is 18.5 Å². The molecule has 1 atom stereocenters. The molecule has 0 radical (unpaired) electrons. The molecule has 0 saturated heterocycles. The van der Waals surface area contributed by atoms with E-state index in [2.05, 4.69) is 20.2 Å². The van der Waals surface area contributed by atoms with Crippen molar-refractivity contribution in [2.45, 2.75) is 23.8 Å². The zero-order valence-corrected chi connectivity index (χ0v) is 11.9. The normalized spacial score (nSPS) is 12.4. The van der Waals surface area contributed by atoms with Crippen molar-refractivity contribution in [3.63, 3.8) is 0 Å². The van der Waals surface area contributed by atoms with Gasteiger partial charge in [0.25, 0.3) is 0 Å². The number of thioether (sulfide) groups is 1. The minimum absolute atomic E-state index is 0.0335. The number of amides is 1. The fourth-order valence-corrected chi connectivity index (χ4v) is 2.06. The Kier molecular flexibility index (Phi) is 6.67. The van der Waals surface area contributed by atoms with E-state index in [9.17, 15) is 4.79 Å². The van der Waals surface area contributed by atoms with E-state index in [1.165, 1.54) is 11.8 Å². The fraction of sp³-hybridized carbons (Fsp3) is 0.583. The number of nitrogens with one attached hydrogen (secondary N) is 1. The van der Waals surface area contributed by atoms with Crippen LogP contribution in [0.15, 0.2) is 23.6 Å². The van der Waals surface area contributed by atoms with Crippen LogP contribution in [0.1, 0.15) is 13.3 Å². The van der Waals surface area contributed by atoms with E-state index in [1.807, 2.05) is 21.0 Å². The Balaban J connectivity index is 2.25. The number of carbonyl (C=O) groups excluding carboxylic acids is 1. The predicted octanol–water partition coefficient (Wildman–Crippen LogP) is 1.03. The van der Waals surface area contributed by atoms with Crippen LogP contribution in [0.3, 0.4) is 0 Å². The Morgan fingerprint density at radius 3 is 2.72 bits per heavy atom. The molecular formula is C12H20N4OS. The van der Waals surface area contributed by atoms with Crippen molar-refractivity contribution in [2.75, 3.05) is 27.2 Å². The maximum atomic E-state index is 11.8. The highest BCUT2D eigenvalue weighted by Gasteiger charge is 2.14. The quantitative estimate of drug-likeness (QED) is 0.454. The highest BCUT2D eigenvalue weighted by atomic mass is 32.2. The molecule has 0 saturated carbocycles. The van der Waals surface area contributed by atoms with Crippen molar-refractivity contribution < 1.29 is 4.79 Å². The maximum Gasteiger partial charge on any atom is 0.233 e. The zero-order chi connectivity index (χ0) is 13.4. The van der Waals surface area contributed by atoms with Crippen molar-refractivity contribution in [2.24, 2.45) is 0 Å². The molecule has 0 aromatic carbocycles. The van der Waals surface area contributed by atoms with Gasteiger partial charge in [0.15, 0.2) is 5.16 Å². The zero-order valence-electron chi connectivity index (χ0n) is 11.1. The lowest BCUT2D eigenvalue weighted by atomic mass is 10.3. The first-order valence-corrected chi connectivity index (χ1v) is 6.83. The van der Waals surface area contributed by atoms with Gasteiger partial charge in [0, 0.05) is 18.9 Å². The van der Waals surface area contributed by atoms with Crippen LogP contribution in [0.4, 0.5) is 0 Å². The SMILES string of the molecule is CC(Sc1ncccn1)C(=O)NCCCN(C)C. The molecule has 1 aromatic rings. The molecule has 1 amide bonds. The van der Waals surface area contributed by atoms with Gasteiger partial charge in [-0.25, -0.2) is 9.97 Å². The molecule has 1 unspecified atom stereocenters. The first kappa shape index (κ1) is 14.9. The molecule has 0 bridgehead atoms. The van der Waals surface area contributed by atoms with E-state index in [0.717, 1.165) is 13.0 Å². The Morgan fingerprint density at radius 1 is 1.44 bits per heavy atom. The van der Waals surface area contributed by atoms with Gasteiger partial charge in [-0.3, -0.25) is 4.79 Å². The Hall–Kier alpha value is -1.14. The van der Waals surface area contributed by atoms with Crippen LogP contribution in [0, 0.1) is 0 Å². The van der Waals surface area contributed by atoms with E-state index in [-0.39, 0.29) is 11.2 Å². The van der Waals surface area contributed by atoms with Gasteiger partial charge in [0.05, 0.1) is 5.25 Å². The van der Waals surface area contributed by atoms with Crippen LogP contribution >= 0.6 is 11.8 Å². The Bertz CT molecular complexity index is 358. The average Bonchev–Trinajstić information content (AvgIpc) is 2.35. The van der Waals surface area contributed by atoms with Crippen LogP contribution in [0.5, 0.6) is 0 Å². The van der Waals surface area contributed by atoms with Gasteiger partial charge in [-0.05, 0) is 40.1 Å². The minimum atomic E-state index is -0.174. The summed E-state index contributed by atoms with van der Waals surface area (Å²) >= 11 is 1.37. The number of carbonyl (C=O) groups is 1. The molecule has 1 heterocycles. The van der Waals surface area contributed by atoms with Crippen molar-refractivity contribution in [3.8, 4) is 0 Å². The van der Waals surface area contributed by atoms with Crippen LogP contribution in [0.25, 0.3) is 0 Å². The number of rotatable bonds is 7. The van der Waals surface area contributed by atoms with Crippen molar-refractivity contribution >= 4 is 17.7 Å². The molecular weight excluding hydrogens is 248 g/mol. The summed E-state index contributed by atoms with van der Waals surface area (Å²) in [6.45, 7) is 3.55. The van der Waals surface area contributed by atoms with Gasteiger partial charge < -0.3 is 10.2 Å². The predicted molar refractivity (Wildman–Crippen MR) is 73.5 cm³/mol. The summed E-state index contributed by atoms with van der Waals surface area (Å²) in [4.78, 5) is 22.1. The highest BCUT2D eigenvalue weighted by Crippen LogP contribution is 2.17. The molecule has 1 N–H and O–H groups in total. The largest absolute Gasteiger partial charge is 0.355 e. The first-order chi connectivity index (χ1) is 8.59. The highest BCUT2D eigenvalue weighted by molar-refractivity contribution is 8.00. The van der Waals surface area contributed by atoms with E-state index in [0.29, 0.717) is 11.7 Å². The van der Waals surface area contributed by atoms with Gasteiger partial charge in [-0.1, -0.05) is 11.8 Å². The second-order valence-corrected chi connectivity index (χ2v) is 5.55. The fourth-order valence-electron chi connectivity index (χ4n) is 1.31. The van der Waals surface area contributed by atoms with E-state index in [4.69, 9.17) is 0 Å². The van der Waals surface area contributed by atoms with Gasteiger partial charge in [-0.15, -0.1) is 0 Å². The third-order valence-electron chi connectivity index (χ3n) is 2.27. The summed E-state index contributed by atoms with van der Waals surface area (Å²) in [5.41, 5.74) is 0. The molecule has 0 aliphatic heterocycles. The Labute approximate surface area is 112 Å². The monoisotopic (exact) mass is 268 g/mol. The number of hydrogen-bond donors (Lipinski definition) is 1. The second-order valence-electron chi connectivity index (χ2n) is 4.24. The molecule has 0 fully saturated rings. The third-order valence-corrected chi connectivity index (χ3v) is 3.26. The molecule has 18 heavy (non-hydrogen) atoms. The minimum Gasteiger partial charge on any atom is -0.355 e. The van der Waals surface area contributed by atoms with Gasteiger partial charge >= 0.3 is 0 Å². The number of aromatic nitrogens is 2. The summed E-state index contributed by atoms with van der Waals surface area (Å²) in [6.07, 6.45) is 4.31. The smallest absolute Gasteiger partial charge is 0.233 e. The number of nitrogens with zero attached hydrogens (tertiary/aromatic N) is 3. The molecule has 6 heteroatoms. The van der Waals surface area contributed by atoms with Crippen LogP contribution < -0.4 is 5.32 Å². The van der Waals surface area contributed by atoms with Crippen molar-refractivity contribution in [1.29, 1.82) is 0 Å². The topological polar surface area (TPSA) is 58.1 Å². The molecule has 0 aliphatic rings. The second kappa shape index (κ2) is 8.05. The van der Waals surface area contributed by atoms with Crippen molar-refractivity contribution in [1.82, 2.24) is 20.2 Å². The molecule has 5 nitrogen and oxygen atoms in total. The van der Waals surface area contributed by atoms with Crippen LogP contribution in [-0.4, -0.2) is 53.2 Å². The van der Waals surface area contributed by atoms with Crippen molar-refractivity contribution in [3.05, 3.63) is 18.5 Å². The van der Waals surface area contributed by atoms with E-state index < -0.39 is 0 Å². The van der Waals surface area contributed by atoms with Gasteiger partial charge in [0.1, 0.15) is 0 Å². The molecule has 100 valence electrons. The van der Waals surface area contributed by atoms with Gasteiger partial charge in [-0.2, -0.15) is 0 Å². The lowest BCUT2D eigenvalue weighted by Gasteiger charge is -2.12. The summed E-state index contributed by atoms with van der Waals surface area (Å²) in [5, 5.41) is 3.37. The summed E-state index contributed by atoms with van der Waals surface area (Å²) in [5.74, 6) is 0.0335. The summed E-state index contributed by atoms with van der Waals surface area (Å²) < 4.78 is 0. The molecule has 0 spiro atoms. The van der Waals surface area contributed by atoms with Gasteiger partial charge in [0.2, 0.25) is 5.91 Å². The molecule has 1 aromatic heterocycles. The van der Waals surface area contributed by atoms with E-state index >= 15 is 0 Å². The third kappa shape index (κ3) is 5.97. The lowest BCUT2D eigenvalue weighted by molar-refractivity contribution is -0.120. The molecule has 0 aliphatic carbocycles. The average molecular weight is 268 g/mol. The summed E-state index contributed by atoms with van der Waals surface area (Å²) in [6, 6.07) is 1.76. The number of hydrogen-bond acceptors (Lipinski definition) is 5. The first-order valence-electron chi connectivity index (χ1n) is 5.95. The maximum absolute atomic E-state index is 11.8. The summed E-state index contributed by atoms with van der Waals surface area (Å²) in [7, 11) is 4.04.